The summed E-state index contributed by atoms with van der Waals surface area (Å²) in [6.45, 7) is 5.98. The second-order valence-electron chi connectivity index (χ2n) is 5.51. The smallest absolute Gasteiger partial charge is 0.0690 e. The monoisotopic (exact) mass is 273 g/mol. The van der Waals surface area contributed by atoms with Crippen molar-refractivity contribution >= 4 is 0 Å². The summed E-state index contributed by atoms with van der Waals surface area (Å²) in [5, 5.41) is 17.2. The van der Waals surface area contributed by atoms with Gasteiger partial charge >= 0.3 is 0 Å². The van der Waals surface area contributed by atoms with Crippen LogP contribution in [0.1, 0.15) is 25.8 Å². The average Bonchev–Trinajstić information content (AvgIpc) is 3.01. The molecular formula is C16H23N3O. The van der Waals surface area contributed by atoms with Crippen molar-refractivity contribution in [3.05, 3.63) is 48.3 Å². The molecule has 0 saturated heterocycles. The maximum Gasteiger partial charge on any atom is 0.0690 e. The van der Waals surface area contributed by atoms with Gasteiger partial charge in [0.2, 0.25) is 0 Å². The van der Waals surface area contributed by atoms with Crippen LogP contribution in [0, 0.1) is 5.41 Å². The first-order valence-corrected chi connectivity index (χ1v) is 7.08. The maximum absolute atomic E-state index is 9.43. The minimum absolute atomic E-state index is 0.0549. The number of benzene rings is 1. The highest BCUT2D eigenvalue weighted by Gasteiger charge is 2.20. The molecule has 2 N–H and O–H groups in total. The Morgan fingerprint density at radius 2 is 2.10 bits per heavy atom. The van der Waals surface area contributed by atoms with E-state index in [4.69, 9.17) is 0 Å². The highest BCUT2D eigenvalue weighted by Crippen LogP contribution is 2.19. The Morgan fingerprint density at radius 3 is 2.75 bits per heavy atom. The summed E-state index contributed by atoms with van der Waals surface area (Å²) in [7, 11) is 0. The van der Waals surface area contributed by atoms with E-state index >= 15 is 0 Å². The molecule has 0 fully saturated rings. The van der Waals surface area contributed by atoms with Crippen molar-refractivity contribution in [1.82, 2.24) is 15.1 Å². The van der Waals surface area contributed by atoms with Crippen molar-refractivity contribution in [2.75, 3.05) is 13.2 Å². The molecule has 0 aliphatic carbocycles. The summed E-state index contributed by atoms with van der Waals surface area (Å²) in [5.41, 5.74) is 2.24. The number of nitrogens with zero attached hydrogens (tertiary/aromatic N) is 2. The molecule has 0 radical (unpaired) electrons. The van der Waals surface area contributed by atoms with Gasteiger partial charge in [-0.2, -0.15) is 5.10 Å². The van der Waals surface area contributed by atoms with Gasteiger partial charge in [0, 0.05) is 37.5 Å². The molecule has 1 atom stereocenters. The Hall–Kier alpha value is -1.65. The number of para-hydroxylation sites is 1. The Balaban J connectivity index is 2.04. The largest absolute Gasteiger partial charge is 0.396 e. The Kier molecular flexibility index (Phi) is 4.93. The van der Waals surface area contributed by atoms with Gasteiger partial charge < -0.3 is 10.4 Å². The summed E-state index contributed by atoms with van der Waals surface area (Å²) in [6, 6.07) is 10.1. The van der Waals surface area contributed by atoms with Crippen molar-refractivity contribution in [3.8, 4) is 5.69 Å². The molecule has 0 aliphatic heterocycles. The van der Waals surface area contributed by atoms with Crippen molar-refractivity contribution in [1.29, 1.82) is 0 Å². The van der Waals surface area contributed by atoms with Crippen LogP contribution >= 0.6 is 0 Å². The molecule has 2 aromatic rings. The van der Waals surface area contributed by atoms with Crippen LogP contribution in [0.3, 0.4) is 0 Å². The first kappa shape index (κ1) is 14.8. The third-order valence-corrected chi connectivity index (χ3v) is 3.85. The number of hydrogen-bond acceptors (Lipinski definition) is 3. The van der Waals surface area contributed by atoms with E-state index in [0.717, 1.165) is 25.2 Å². The third kappa shape index (κ3) is 3.46. The van der Waals surface area contributed by atoms with Crippen LogP contribution in [0.4, 0.5) is 0 Å². The van der Waals surface area contributed by atoms with Crippen molar-refractivity contribution in [2.24, 2.45) is 5.41 Å². The summed E-state index contributed by atoms with van der Waals surface area (Å²) < 4.78 is 1.88. The number of aromatic nitrogens is 2. The van der Waals surface area contributed by atoms with Crippen molar-refractivity contribution in [2.45, 2.75) is 26.8 Å². The van der Waals surface area contributed by atoms with Gasteiger partial charge in [-0.25, -0.2) is 4.68 Å². The van der Waals surface area contributed by atoms with E-state index in [9.17, 15) is 5.11 Å². The van der Waals surface area contributed by atoms with E-state index in [0.29, 0.717) is 0 Å². The van der Waals surface area contributed by atoms with Gasteiger partial charge in [-0.1, -0.05) is 32.0 Å². The second kappa shape index (κ2) is 6.68. The van der Waals surface area contributed by atoms with E-state index in [1.54, 1.807) is 6.20 Å². The lowest BCUT2D eigenvalue weighted by molar-refractivity contribution is 0.135. The summed E-state index contributed by atoms with van der Waals surface area (Å²) in [6.07, 6.45) is 4.68. The molecular weight excluding hydrogens is 250 g/mol. The zero-order valence-corrected chi connectivity index (χ0v) is 12.2. The first-order valence-electron chi connectivity index (χ1n) is 7.08. The summed E-state index contributed by atoms with van der Waals surface area (Å²) >= 11 is 0. The standard InChI is InChI=1S/C16H23N3O/c1-3-16(2,13-20)12-17-11-14-7-4-5-8-15(14)19-10-6-9-18-19/h4-10,17,20H,3,11-13H2,1-2H3. The van der Waals surface area contributed by atoms with Crippen LogP contribution in [0.15, 0.2) is 42.7 Å². The van der Waals surface area contributed by atoms with E-state index in [1.165, 1.54) is 5.56 Å². The van der Waals surface area contributed by atoms with Gasteiger partial charge in [0.05, 0.1) is 5.69 Å². The molecule has 0 aliphatic rings. The van der Waals surface area contributed by atoms with Crippen LogP contribution in [-0.4, -0.2) is 28.0 Å². The second-order valence-corrected chi connectivity index (χ2v) is 5.51. The van der Waals surface area contributed by atoms with E-state index in [2.05, 4.69) is 36.4 Å². The predicted molar refractivity (Wildman–Crippen MR) is 80.8 cm³/mol. The third-order valence-electron chi connectivity index (χ3n) is 3.85. The molecule has 20 heavy (non-hydrogen) atoms. The van der Waals surface area contributed by atoms with Crippen LogP contribution < -0.4 is 5.32 Å². The molecule has 1 unspecified atom stereocenters. The maximum atomic E-state index is 9.43. The number of aliphatic hydroxyl groups is 1. The molecule has 0 spiro atoms. The van der Waals surface area contributed by atoms with Gasteiger partial charge in [-0.15, -0.1) is 0 Å². The lowest BCUT2D eigenvalue weighted by Crippen LogP contribution is -2.34. The van der Waals surface area contributed by atoms with Gasteiger partial charge in [0.25, 0.3) is 0 Å². The Labute approximate surface area is 120 Å². The number of nitrogens with one attached hydrogen (secondary N) is 1. The molecule has 108 valence electrons. The lowest BCUT2D eigenvalue weighted by atomic mass is 9.88. The van der Waals surface area contributed by atoms with E-state index in [1.807, 2.05) is 29.1 Å². The van der Waals surface area contributed by atoms with E-state index < -0.39 is 0 Å². The average molecular weight is 273 g/mol. The summed E-state index contributed by atoms with van der Waals surface area (Å²) in [5.74, 6) is 0. The van der Waals surface area contributed by atoms with Gasteiger partial charge in [-0.05, 0) is 24.1 Å². The molecule has 4 heteroatoms. The van der Waals surface area contributed by atoms with E-state index in [-0.39, 0.29) is 12.0 Å². The topological polar surface area (TPSA) is 50.1 Å². The molecule has 1 heterocycles. The normalized spacial score (nSPS) is 14.2. The molecule has 0 bridgehead atoms. The number of aliphatic hydroxyl groups excluding tert-OH is 1. The molecule has 0 saturated carbocycles. The number of rotatable bonds is 7. The lowest BCUT2D eigenvalue weighted by Gasteiger charge is -2.26. The minimum Gasteiger partial charge on any atom is -0.396 e. The fraction of sp³-hybridized carbons (Fsp3) is 0.438. The van der Waals surface area contributed by atoms with Crippen LogP contribution in [0.2, 0.25) is 0 Å². The zero-order valence-electron chi connectivity index (χ0n) is 12.2. The van der Waals surface area contributed by atoms with Gasteiger partial charge in [-0.3, -0.25) is 0 Å². The highest BCUT2D eigenvalue weighted by atomic mass is 16.3. The summed E-state index contributed by atoms with van der Waals surface area (Å²) in [4.78, 5) is 0. The molecule has 0 amide bonds. The van der Waals surface area contributed by atoms with Crippen LogP contribution in [0.25, 0.3) is 5.69 Å². The Morgan fingerprint density at radius 1 is 1.30 bits per heavy atom. The molecule has 1 aromatic heterocycles. The first-order chi connectivity index (χ1) is 9.68. The minimum atomic E-state index is -0.0549. The SMILES string of the molecule is CCC(C)(CO)CNCc1ccccc1-n1cccn1. The Bertz CT molecular complexity index is 518. The molecule has 2 rings (SSSR count). The number of hydrogen-bond donors (Lipinski definition) is 2. The van der Waals surface area contributed by atoms with Crippen LogP contribution in [-0.2, 0) is 6.54 Å². The molecule has 4 nitrogen and oxygen atoms in total. The fourth-order valence-electron chi connectivity index (χ4n) is 2.09. The van der Waals surface area contributed by atoms with Gasteiger partial charge in [0.15, 0.2) is 0 Å². The van der Waals surface area contributed by atoms with Crippen molar-refractivity contribution < 1.29 is 5.11 Å². The van der Waals surface area contributed by atoms with Crippen molar-refractivity contribution in [3.63, 3.8) is 0 Å². The zero-order chi connectivity index (χ0) is 14.4. The quantitative estimate of drug-likeness (QED) is 0.814. The fourth-order valence-corrected chi connectivity index (χ4v) is 2.09. The molecule has 1 aromatic carbocycles. The highest BCUT2D eigenvalue weighted by molar-refractivity contribution is 5.40. The van der Waals surface area contributed by atoms with Crippen LogP contribution in [0.5, 0.6) is 0 Å². The predicted octanol–water partition coefficient (Wildman–Crippen LogP) is 2.37. The van der Waals surface area contributed by atoms with Gasteiger partial charge in [0.1, 0.15) is 0 Å².